The maximum atomic E-state index is 11.9. The van der Waals surface area contributed by atoms with Crippen molar-refractivity contribution < 1.29 is 19.1 Å². The molecule has 0 fully saturated rings. The largest absolute Gasteiger partial charge is 0.425 e. The van der Waals surface area contributed by atoms with Crippen LogP contribution < -0.4 is 0 Å². The molecular formula is C22H42O4. The van der Waals surface area contributed by atoms with E-state index in [1.54, 1.807) is 0 Å². The lowest BCUT2D eigenvalue weighted by atomic mass is 10.1. The molecular weight excluding hydrogens is 328 g/mol. The molecule has 0 aliphatic rings. The number of ether oxygens (including phenoxy) is 2. The summed E-state index contributed by atoms with van der Waals surface area (Å²) < 4.78 is 10.7. The first-order chi connectivity index (χ1) is 12.6. The average Bonchev–Trinajstić information content (AvgIpc) is 2.61. The molecule has 0 N–H and O–H groups in total. The van der Waals surface area contributed by atoms with Crippen molar-refractivity contribution in [3.05, 3.63) is 0 Å². The average molecular weight is 371 g/mol. The fourth-order valence-electron chi connectivity index (χ4n) is 2.89. The van der Waals surface area contributed by atoms with Crippen molar-refractivity contribution in [2.75, 3.05) is 0 Å². The molecule has 154 valence electrons. The summed E-state index contributed by atoms with van der Waals surface area (Å²) in [7, 11) is 0. The van der Waals surface area contributed by atoms with Gasteiger partial charge in [-0.25, -0.2) is 0 Å². The summed E-state index contributed by atoms with van der Waals surface area (Å²) in [6.07, 6.45) is 15.1. The smallest absolute Gasteiger partial charge is 0.308 e. The normalized spacial score (nSPS) is 10.9. The fourth-order valence-corrected chi connectivity index (χ4v) is 2.89. The second-order valence-corrected chi connectivity index (χ2v) is 7.23. The maximum Gasteiger partial charge on any atom is 0.308 e. The Morgan fingerprint density at radius 1 is 0.577 bits per heavy atom. The topological polar surface area (TPSA) is 52.6 Å². The van der Waals surface area contributed by atoms with Crippen LogP contribution in [-0.4, -0.2) is 18.2 Å². The van der Waals surface area contributed by atoms with Gasteiger partial charge in [0.15, 0.2) is 0 Å². The SMILES string of the molecule is CCCCCCCCC(=O)OC(CCC)OC(=O)CCCCCCCC. The van der Waals surface area contributed by atoms with Gasteiger partial charge in [-0.1, -0.05) is 85.0 Å². The molecule has 0 aromatic heterocycles. The highest BCUT2D eigenvalue weighted by Crippen LogP contribution is 2.13. The van der Waals surface area contributed by atoms with Crippen LogP contribution in [0.2, 0.25) is 0 Å². The zero-order valence-corrected chi connectivity index (χ0v) is 17.5. The van der Waals surface area contributed by atoms with Crippen molar-refractivity contribution in [3.8, 4) is 0 Å². The molecule has 0 amide bonds. The van der Waals surface area contributed by atoms with Crippen molar-refractivity contribution in [1.29, 1.82) is 0 Å². The Kier molecular flexibility index (Phi) is 18.0. The molecule has 0 rings (SSSR count). The van der Waals surface area contributed by atoms with Crippen molar-refractivity contribution in [3.63, 3.8) is 0 Å². The summed E-state index contributed by atoms with van der Waals surface area (Å²) in [5.74, 6) is -0.488. The van der Waals surface area contributed by atoms with E-state index in [4.69, 9.17) is 9.47 Å². The summed E-state index contributed by atoms with van der Waals surface area (Å²) in [5.41, 5.74) is 0. The first-order valence-corrected chi connectivity index (χ1v) is 11.0. The number of rotatable bonds is 18. The van der Waals surface area contributed by atoms with Gasteiger partial charge in [-0.2, -0.15) is 0 Å². The number of esters is 2. The summed E-state index contributed by atoms with van der Waals surface area (Å²) in [5, 5.41) is 0. The van der Waals surface area contributed by atoms with Crippen LogP contribution in [-0.2, 0) is 19.1 Å². The lowest BCUT2D eigenvalue weighted by molar-refractivity contribution is -0.189. The molecule has 0 saturated carbocycles. The third kappa shape index (κ3) is 16.4. The van der Waals surface area contributed by atoms with E-state index in [1.165, 1.54) is 51.4 Å². The monoisotopic (exact) mass is 370 g/mol. The van der Waals surface area contributed by atoms with Gasteiger partial charge < -0.3 is 9.47 Å². The molecule has 0 aromatic rings. The standard InChI is InChI=1S/C22H42O4/c1-4-7-9-11-13-15-18-20(23)25-22(17-6-3)26-21(24)19-16-14-12-10-8-5-2/h22H,4-19H2,1-3H3. The summed E-state index contributed by atoms with van der Waals surface area (Å²) in [4.78, 5) is 23.9. The maximum absolute atomic E-state index is 11.9. The molecule has 0 aliphatic carbocycles. The van der Waals surface area contributed by atoms with Gasteiger partial charge in [0.1, 0.15) is 0 Å². The van der Waals surface area contributed by atoms with Crippen molar-refractivity contribution in [1.82, 2.24) is 0 Å². The highest BCUT2D eigenvalue weighted by molar-refractivity contribution is 5.71. The van der Waals surface area contributed by atoms with Crippen molar-refractivity contribution in [2.24, 2.45) is 0 Å². The molecule has 0 heterocycles. The summed E-state index contributed by atoms with van der Waals surface area (Å²) in [6, 6.07) is 0. The van der Waals surface area contributed by atoms with Gasteiger partial charge in [0.2, 0.25) is 6.29 Å². The molecule has 4 heteroatoms. The molecule has 0 unspecified atom stereocenters. The van der Waals surface area contributed by atoms with Gasteiger partial charge >= 0.3 is 11.9 Å². The summed E-state index contributed by atoms with van der Waals surface area (Å²) in [6.45, 7) is 6.38. The third-order valence-corrected chi connectivity index (χ3v) is 4.52. The molecule has 0 aliphatic heterocycles. The van der Waals surface area contributed by atoms with E-state index in [2.05, 4.69) is 13.8 Å². The Labute approximate surface area is 161 Å². The van der Waals surface area contributed by atoms with Crippen LogP contribution in [0.25, 0.3) is 0 Å². The lowest BCUT2D eigenvalue weighted by Crippen LogP contribution is -2.24. The molecule has 0 radical (unpaired) electrons. The minimum Gasteiger partial charge on any atom is -0.425 e. The molecule has 0 bridgehead atoms. The second-order valence-electron chi connectivity index (χ2n) is 7.23. The van der Waals surface area contributed by atoms with Gasteiger partial charge in [0.05, 0.1) is 0 Å². The first kappa shape index (κ1) is 24.9. The first-order valence-electron chi connectivity index (χ1n) is 11.0. The Bertz CT molecular complexity index is 311. The van der Waals surface area contributed by atoms with E-state index < -0.39 is 6.29 Å². The lowest BCUT2D eigenvalue weighted by Gasteiger charge is -2.17. The number of unbranched alkanes of at least 4 members (excludes halogenated alkanes) is 10. The zero-order valence-electron chi connectivity index (χ0n) is 17.5. The van der Waals surface area contributed by atoms with Crippen molar-refractivity contribution in [2.45, 2.75) is 130 Å². The fraction of sp³-hybridized carbons (Fsp3) is 0.909. The van der Waals surface area contributed by atoms with E-state index in [0.717, 1.165) is 32.1 Å². The zero-order chi connectivity index (χ0) is 19.5. The van der Waals surface area contributed by atoms with Crippen LogP contribution in [0.3, 0.4) is 0 Å². The van der Waals surface area contributed by atoms with Crippen LogP contribution in [0.5, 0.6) is 0 Å². The van der Waals surface area contributed by atoms with Crippen LogP contribution >= 0.6 is 0 Å². The number of hydrogen-bond acceptors (Lipinski definition) is 4. The van der Waals surface area contributed by atoms with Crippen LogP contribution in [0.15, 0.2) is 0 Å². The van der Waals surface area contributed by atoms with Crippen LogP contribution in [0.4, 0.5) is 0 Å². The number of carbonyl (C=O) groups is 2. The van der Waals surface area contributed by atoms with E-state index >= 15 is 0 Å². The predicted octanol–water partition coefficient (Wildman–Crippen LogP) is 6.70. The molecule has 0 saturated heterocycles. The predicted molar refractivity (Wildman–Crippen MR) is 107 cm³/mol. The third-order valence-electron chi connectivity index (χ3n) is 4.52. The minimum atomic E-state index is -0.708. The second kappa shape index (κ2) is 18.7. The number of hydrogen-bond donors (Lipinski definition) is 0. The Hall–Kier alpha value is -1.06. The molecule has 4 nitrogen and oxygen atoms in total. The Morgan fingerprint density at radius 3 is 1.35 bits per heavy atom. The Balaban J connectivity index is 3.88. The molecule has 0 aromatic carbocycles. The molecule has 0 atom stereocenters. The van der Waals surface area contributed by atoms with Gasteiger partial charge in [0, 0.05) is 19.3 Å². The van der Waals surface area contributed by atoms with E-state index in [1.807, 2.05) is 6.92 Å². The molecule has 0 spiro atoms. The van der Waals surface area contributed by atoms with E-state index in [0.29, 0.717) is 19.3 Å². The highest BCUT2D eigenvalue weighted by Gasteiger charge is 2.17. The van der Waals surface area contributed by atoms with Gasteiger partial charge in [0.25, 0.3) is 0 Å². The quantitative estimate of drug-likeness (QED) is 0.153. The minimum absolute atomic E-state index is 0.244. The highest BCUT2D eigenvalue weighted by atomic mass is 16.7. The van der Waals surface area contributed by atoms with E-state index in [9.17, 15) is 9.59 Å². The van der Waals surface area contributed by atoms with E-state index in [-0.39, 0.29) is 11.9 Å². The van der Waals surface area contributed by atoms with Crippen molar-refractivity contribution >= 4 is 11.9 Å². The van der Waals surface area contributed by atoms with Gasteiger partial charge in [-0.3, -0.25) is 9.59 Å². The van der Waals surface area contributed by atoms with Gasteiger partial charge in [-0.15, -0.1) is 0 Å². The number of carbonyl (C=O) groups excluding carboxylic acids is 2. The molecule has 26 heavy (non-hydrogen) atoms. The van der Waals surface area contributed by atoms with Gasteiger partial charge in [-0.05, 0) is 19.3 Å². The Morgan fingerprint density at radius 2 is 0.962 bits per heavy atom. The summed E-state index contributed by atoms with van der Waals surface area (Å²) >= 11 is 0. The van der Waals surface area contributed by atoms with Crippen LogP contribution in [0.1, 0.15) is 124 Å². The van der Waals surface area contributed by atoms with Crippen LogP contribution in [0, 0.1) is 0 Å².